The molecule has 1 fully saturated rings. The highest BCUT2D eigenvalue weighted by Gasteiger charge is 2.28. The molecule has 0 bridgehead atoms. The standard InChI is InChI=1S/C12H22O2.C2H6/c1-9(2)11-6-4-5-7-12(11)14-8-10(3)13;1-2/h9,11-12H,4-8H2,1-3H3;1-2H3/t11-,12+;/m0./s1. The molecule has 2 atom stereocenters. The molecule has 1 aliphatic carbocycles. The average Bonchev–Trinajstić information content (AvgIpc) is 2.29. The molecule has 0 aromatic carbocycles. The minimum Gasteiger partial charge on any atom is -0.370 e. The second-order valence-corrected chi connectivity index (χ2v) is 4.74. The fraction of sp³-hybridized carbons (Fsp3) is 0.929. The van der Waals surface area contributed by atoms with Crippen molar-refractivity contribution < 1.29 is 9.53 Å². The van der Waals surface area contributed by atoms with Gasteiger partial charge in [0.05, 0.1) is 6.10 Å². The van der Waals surface area contributed by atoms with E-state index in [1.54, 1.807) is 6.92 Å². The number of ketones is 1. The molecule has 1 saturated carbocycles. The van der Waals surface area contributed by atoms with E-state index in [0.717, 1.165) is 6.42 Å². The number of hydrogen-bond donors (Lipinski definition) is 0. The van der Waals surface area contributed by atoms with Crippen LogP contribution >= 0.6 is 0 Å². The number of rotatable bonds is 4. The molecule has 16 heavy (non-hydrogen) atoms. The van der Waals surface area contributed by atoms with Crippen molar-refractivity contribution in [2.45, 2.75) is 66.4 Å². The summed E-state index contributed by atoms with van der Waals surface area (Å²) in [6.07, 6.45) is 5.30. The summed E-state index contributed by atoms with van der Waals surface area (Å²) < 4.78 is 5.67. The van der Waals surface area contributed by atoms with E-state index in [9.17, 15) is 4.79 Å². The van der Waals surface area contributed by atoms with Crippen molar-refractivity contribution in [3.8, 4) is 0 Å². The molecule has 0 aromatic rings. The minimum absolute atomic E-state index is 0.137. The van der Waals surface area contributed by atoms with E-state index in [-0.39, 0.29) is 5.78 Å². The van der Waals surface area contributed by atoms with Crippen LogP contribution in [0.3, 0.4) is 0 Å². The van der Waals surface area contributed by atoms with E-state index < -0.39 is 0 Å². The van der Waals surface area contributed by atoms with Gasteiger partial charge in [-0.2, -0.15) is 0 Å². The molecular weight excluding hydrogens is 200 g/mol. The van der Waals surface area contributed by atoms with Gasteiger partial charge in [0.25, 0.3) is 0 Å². The van der Waals surface area contributed by atoms with Gasteiger partial charge in [-0.05, 0) is 31.6 Å². The highest BCUT2D eigenvalue weighted by molar-refractivity contribution is 5.76. The lowest BCUT2D eigenvalue weighted by Gasteiger charge is -2.33. The number of carbonyl (C=O) groups excluding carboxylic acids is 1. The second kappa shape index (κ2) is 8.74. The lowest BCUT2D eigenvalue weighted by atomic mass is 9.79. The summed E-state index contributed by atoms with van der Waals surface area (Å²) in [5.41, 5.74) is 0. The average molecular weight is 228 g/mol. The van der Waals surface area contributed by atoms with Gasteiger partial charge < -0.3 is 4.74 Å². The van der Waals surface area contributed by atoms with Crippen LogP contribution in [0, 0.1) is 11.8 Å². The Morgan fingerprint density at radius 1 is 1.25 bits per heavy atom. The first-order chi connectivity index (χ1) is 7.61. The summed E-state index contributed by atoms with van der Waals surface area (Å²) in [6, 6.07) is 0. The van der Waals surface area contributed by atoms with Crippen LogP contribution in [0.5, 0.6) is 0 Å². The number of carbonyl (C=O) groups is 1. The Kier molecular flexibility index (Phi) is 8.54. The van der Waals surface area contributed by atoms with Gasteiger partial charge in [0.1, 0.15) is 6.61 Å². The summed E-state index contributed by atoms with van der Waals surface area (Å²) in [7, 11) is 0. The van der Waals surface area contributed by atoms with Gasteiger partial charge in [0, 0.05) is 0 Å². The maximum Gasteiger partial charge on any atom is 0.155 e. The third-order valence-corrected chi connectivity index (χ3v) is 3.11. The Bertz CT molecular complexity index is 187. The largest absolute Gasteiger partial charge is 0.370 e. The molecule has 2 nitrogen and oxygen atoms in total. The maximum absolute atomic E-state index is 10.8. The van der Waals surface area contributed by atoms with Gasteiger partial charge in [-0.1, -0.05) is 40.5 Å². The Balaban J connectivity index is 0.00000106. The zero-order valence-electron chi connectivity index (χ0n) is 11.6. The van der Waals surface area contributed by atoms with Gasteiger partial charge in [0.15, 0.2) is 5.78 Å². The molecule has 0 aliphatic heterocycles. The van der Waals surface area contributed by atoms with E-state index in [2.05, 4.69) is 13.8 Å². The Hall–Kier alpha value is -0.370. The fourth-order valence-electron chi connectivity index (χ4n) is 2.32. The molecule has 1 aliphatic rings. The van der Waals surface area contributed by atoms with Crippen molar-refractivity contribution in [2.75, 3.05) is 6.61 Å². The van der Waals surface area contributed by atoms with Gasteiger partial charge in [-0.3, -0.25) is 4.79 Å². The van der Waals surface area contributed by atoms with Crippen molar-refractivity contribution in [2.24, 2.45) is 11.8 Å². The summed E-state index contributed by atoms with van der Waals surface area (Å²) in [4.78, 5) is 10.8. The first-order valence-corrected chi connectivity index (χ1v) is 6.72. The first-order valence-electron chi connectivity index (χ1n) is 6.72. The van der Waals surface area contributed by atoms with Crippen molar-refractivity contribution in [1.29, 1.82) is 0 Å². The smallest absolute Gasteiger partial charge is 0.155 e. The normalized spacial score (nSPS) is 24.9. The minimum atomic E-state index is 0.137. The molecule has 2 heteroatoms. The van der Waals surface area contributed by atoms with Crippen molar-refractivity contribution in [3.05, 3.63) is 0 Å². The third kappa shape index (κ3) is 5.64. The van der Waals surface area contributed by atoms with E-state index in [4.69, 9.17) is 4.74 Å². The Morgan fingerprint density at radius 2 is 1.81 bits per heavy atom. The summed E-state index contributed by atoms with van der Waals surface area (Å²) in [5, 5.41) is 0. The van der Waals surface area contributed by atoms with E-state index in [1.807, 2.05) is 13.8 Å². The third-order valence-electron chi connectivity index (χ3n) is 3.11. The van der Waals surface area contributed by atoms with E-state index in [0.29, 0.717) is 24.5 Å². The number of hydrogen-bond acceptors (Lipinski definition) is 2. The number of ether oxygens (including phenoxy) is 1. The summed E-state index contributed by atoms with van der Waals surface area (Å²) in [5.74, 6) is 1.47. The lowest BCUT2D eigenvalue weighted by molar-refractivity contribution is -0.126. The maximum atomic E-state index is 10.8. The SMILES string of the molecule is CC.CC(=O)CO[C@@H]1CCCC[C@H]1C(C)C. The molecule has 0 amide bonds. The van der Waals surface area contributed by atoms with Crippen LogP contribution in [-0.4, -0.2) is 18.5 Å². The van der Waals surface area contributed by atoms with Gasteiger partial charge >= 0.3 is 0 Å². The van der Waals surface area contributed by atoms with Crippen LogP contribution in [0.2, 0.25) is 0 Å². The molecular formula is C14H28O2. The lowest BCUT2D eigenvalue weighted by Crippen LogP contribution is -2.32. The highest BCUT2D eigenvalue weighted by Crippen LogP contribution is 2.32. The second-order valence-electron chi connectivity index (χ2n) is 4.74. The predicted molar refractivity (Wildman–Crippen MR) is 68.6 cm³/mol. The molecule has 0 heterocycles. The van der Waals surface area contributed by atoms with E-state index in [1.165, 1.54) is 19.3 Å². The van der Waals surface area contributed by atoms with Crippen LogP contribution in [0.4, 0.5) is 0 Å². The highest BCUT2D eigenvalue weighted by atomic mass is 16.5. The molecule has 0 spiro atoms. The first kappa shape index (κ1) is 15.6. The number of Topliss-reactive ketones (excluding diaryl/α,β-unsaturated/α-hetero) is 1. The van der Waals surface area contributed by atoms with Crippen LogP contribution in [0.1, 0.15) is 60.3 Å². The molecule has 0 unspecified atom stereocenters. The predicted octanol–water partition coefficient (Wildman–Crippen LogP) is 3.83. The van der Waals surface area contributed by atoms with Crippen molar-refractivity contribution in [3.63, 3.8) is 0 Å². The van der Waals surface area contributed by atoms with Crippen molar-refractivity contribution >= 4 is 5.78 Å². The van der Waals surface area contributed by atoms with Crippen LogP contribution in [0.25, 0.3) is 0 Å². The Labute approximate surface area is 101 Å². The Morgan fingerprint density at radius 3 is 2.31 bits per heavy atom. The van der Waals surface area contributed by atoms with Gasteiger partial charge in [0.2, 0.25) is 0 Å². The van der Waals surface area contributed by atoms with Crippen molar-refractivity contribution in [1.82, 2.24) is 0 Å². The van der Waals surface area contributed by atoms with Crippen LogP contribution in [0.15, 0.2) is 0 Å². The van der Waals surface area contributed by atoms with Crippen LogP contribution in [-0.2, 0) is 9.53 Å². The summed E-state index contributed by atoms with van der Waals surface area (Å²) in [6.45, 7) is 10.4. The zero-order chi connectivity index (χ0) is 12.6. The monoisotopic (exact) mass is 228 g/mol. The summed E-state index contributed by atoms with van der Waals surface area (Å²) >= 11 is 0. The molecule has 96 valence electrons. The molecule has 0 radical (unpaired) electrons. The molecule has 0 saturated heterocycles. The quantitative estimate of drug-likeness (QED) is 0.731. The fourth-order valence-corrected chi connectivity index (χ4v) is 2.32. The van der Waals surface area contributed by atoms with Gasteiger partial charge in [-0.15, -0.1) is 0 Å². The van der Waals surface area contributed by atoms with E-state index >= 15 is 0 Å². The molecule has 1 rings (SSSR count). The molecule has 0 aromatic heterocycles. The van der Waals surface area contributed by atoms with Crippen LogP contribution < -0.4 is 0 Å². The topological polar surface area (TPSA) is 26.3 Å². The molecule has 0 N–H and O–H groups in total. The van der Waals surface area contributed by atoms with Gasteiger partial charge in [-0.25, -0.2) is 0 Å². The zero-order valence-corrected chi connectivity index (χ0v) is 11.6.